The summed E-state index contributed by atoms with van der Waals surface area (Å²) in [6, 6.07) is 0. The van der Waals surface area contributed by atoms with Crippen LogP contribution in [0.15, 0.2) is 4.13 Å². The quantitative estimate of drug-likeness (QED) is 0.683. The Balaban J connectivity index is 2.77. The van der Waals surface area contributed by atoms with Gasteiger partial charge in [-0.2, -0.15) is 4.21 Å². The van der Waals surface area contributed by atoms with Crippen LogP contribution < -0.4 is 0 Å². The Bertz CT molecular complexity index is 265. The standard InChI is InChI=1S/C6H13N2O3PS/c1-2-4-8-5-3-6-11-12(8,9)7-13-10/h2-6H2,1H3. The van der Waals surface area contributed by atoms with Crippen molar-refractivity contribution >= 4 is 19.1 Å². The Morgan fingerprint density at radius 2 is 2.46 bits per heavy atom. The monoisotopic (exact) mass is 224 g/mol. The van der Waals surface area contributed by atoms with Gasteiger partial charge >= 0.3 is 7.67 Å². The molecule has 7 heteroatoms. The molecule has 1 aliphatic heterocycles. The molecule has 0 radical (unpaired) electrons. The molecule has 5 nitrogen and oxygen atoms in total. The summed E-state index contributed by atoms with van der Waals surface area (Å²) in [4.78, 5) is 0. The van der Waals surface area contributed by atoms with Gasteiger partial charge in [0.1, 0.15) is 0 Å². The Morgan fingerprint density at radius 3 is 3.08 bits per heavy atom. The van der Waals surface area contributed by atoms with E-state index in [0.29, 0.717) is 19.7 Å². The molecular weight excluding hydrogens is 211 g/mol. The molecule has 0 saturated carbocycles. The third kappa shape index (κ3) is 2.71. The van der Waals surface area contributed by atoms with Crippen molar-refractivity contribution in [1.82, 2.24) is 4.67 Å². The topological polar surface area (TPSA) is 59.0 Å². The first-order valence-electron chi connectivity index (χ1n) is 4.24. The molecule has 1 aliphatic rings. The summed E-state index contributed by atoms with van der Waals surface area (Å²) in [5.41, 5.74) is 0. The lowest BCUT2D eigenvalue weighted by Gasteiger charge is -2.30. The number of hydrogen-bond donors (Lipinski definition) is 0. The van der Waals surface area contributed by atoms with Crippen molar-refractivity contribution in [3.8, 4) is 0 Å². The van der Waals surface area contributed by atoms with Crippen LogP contribution in [0, 0.1) is 0 Å². The molecular formula is C6H13N2O3PS. The molecule has 1 saturated heterocycles. The lowest BCUT2D eigenvalue weighted by molar-refractivity contribution is 0.207. The van der Waals surface area contributed by atoms with Crippen LogP contribution in [0.3, 0.4) is 0 Å². The summed E-state index contributed by atoms with van der Waals surface area (Å²) in [7, 11) is -3.13. The Morgan fingerprint density at radius 1 is 1.69 bits per heavy atom. The summed E-state index contributed by atoms with van der Waals surface area (Å²) in [6.45, 7) is 3.79. The van der Waals surface area contributed by atoms with Crippen LogP contribution >= 0.6 is 7.67 Å². The van der Waals surface area contributed by atoms with Gasteiger partial charge in [0, 0.05) is 13.1 Å². The summed E-state index contributed by atoms with van der Waals surface area (Å²) < 4.78 is 32.3. The van der Waals surface area contributed by atoms with Crippen LogP contribution in [-0.4, -0.2) is 28.6 Å². The molecule has 1 unspecified atom stereocenters. The normalized spacial score (nSPS) is 29.9. The second-order valence-electron chi connectivity index (χ2n) is 2.79. The van der Waals surface area contributed by atoms with E-state index in [1.807, 2.05) is 6.92 Å². The molecule has 0 spiro atoms. The smallest absolute Gasteiger partial charge is 0.300 e. The van der Waals surface area contributed by atoms with E-state index in [-0.39, 0.29) is 11.5 Å². The van der Waals surface area contributed by atoms with Crippen LogP contribution in [0.4, 0.5) is 0 Å². The van der Waals surface area contributed by atoms with Crippen molar-refractivity contribution in [2.45, 2.75) is 19.8 Å². The highest BCUT2D eigenvalue weighted by Crippen LogP contribution is 2.54. The predicted molar refractivity (Wildman–Crippen MR) is 50.6 cm³/mol. The van der Waals surface area contributed by atoms with Crippen molar-refractivity contribution < 1.29 is 13.3 Å². The fraction of sp³-hybridized carbons (Fsp3) is 1.00. The van der Waals surface area contributed by atoms with E-state index in [0.717, 1.165) is 12.8 Å². The van der Waals surface area contributed by atoms with E-state index >= 15 is 0 Å². The minimum absolute atomic E-state index is 0.0182. The van der Waals surface area contributed by atoms with Crippen LogP contribution in [0.2, 0.25) is 0 Å². The largest absolute Gasteiger partial charge is 0.402 e. The van der Waals surface area contributed by atoms with Crippen LogP contribution in [0.1, 0.15) is 19.8 Å². The molecule has 0 amide bonds. The van der Waals surface area contributed by atoms with Gasteiger partial charge in [-0.25, -0.2) is 9.24 Å². The minimum Gasteiger partial charge on any atom is -0.300 e. The number of hydrogen-bond acceptors (Lipinski definition) is 3. The second-order valence-corrected chi connectivity index (χ2v) is 5.39. The summed E-state index contributed by atoms with van der Waals surface area (Å²) in [5, 5.41) is 0. The van der Waals surface area contributed by atoms with Gasteiger partial charge in [-0.05, 0) is 12.8 Å². The summed E-state index contributed by atoms with van der Waals surface area (Å²) in [5.74, 6) is 0. The molecule has 0 aliphatic carbocycles. The summed E-state index contributed by atoms with van der Waals surface area (Å²) >= 11 is -0.0182. The zero-order chi connectivity index (χ0) is 9.73. The van der Waals surface area contributed by atoms with Crippen LogP contribution in [0.25, 0.3) is 0 Å². The van der Waals surface area contributed by atoms with Crippen molar-refractivity contribution in [3.05, 3.63) is 0 Å². The zero-order valence-electron chi connectivity index (χ0n) is 7.51. The molecule has 76 valence electrons. The SMILES string of the molecule is CCCN1CCCOP1(=O)N=S=O. The van der Waals surface area contributed by atoms with Gasteiger partial charge in [-0.1, -0.05) is 11.1 Å². The second kappa shape index (κ2) is 5.00. The van der Waals surface area contributed by atoms with E-state index in [1.54, 1.807) is 4.67 Å². The lowest BCUT2D eigenvalue weighted by Crippen LogP contribution is -2.28. The Labute approximate surface area is 81.3 Å². The zero-order valence-corrected chi connectivity index (χ0v) is 9.22. The van der Waals surface area contributed by atoms with Gasteiger partial charge in [0.25, 0.3) is 0 Å². The summed E-state index contributed by atoms with van der Waals surface area (Å²) in [6.07, 6.45) is 1.73. The minimum atomic E-state index is -3.13. The van der Waals surface area contributed by atoms with Gasteiger partial charge in [0.2, 0.25) is 11.5 Å². The van der Waals surface area contributed by atoms with Gasteiger partial charge in [-0.15, -0.1) is 0 Å². The van der Waals surface area contributed by atoms with Crippen molar-refractivity contribution in [2.24, 2.45) is 4.13 Å². The van der Waals surface area contributed by atoms with Gasteiger partial charge in [0.05, 0.1) is 6.61 Å². The van der Waals surface area contributed by atoms with Crippen molar-refractivity contribution in [1.29, 1.82) is 0 Å². The molecule has 0 aromatic rings. The Hall–Kier alpha value is -0.0300. The molecule has 1 fully saturated rings. The molecule has 13 heavy (non-hydrogen) atoms. The van der Waals surface area contributed by atoms with Crippen molar-refractivity contribution in [3.63, 3.8) is 0 Å². The van der Waals surface area contributed by atoms with Gasteiger partial charge < -0.3 is 0 Å². The first-order chi connectivity index (χ1) is 6.23. The molecule has 0 aromatic heterocycles. The molecule has 0 bridgehead atoms. The van der Waals surface area contributed by atoms with Gasteiger partial charge in [-0.3, -0.25) is 4.52 Å². The molecule has 1 atom stereocenters. The molecule has 0 aromatic carbocycles. The van der Waals surface area contributed by atoms with E-state index < -0.39 is 7.67 Å². The predicted octanol–water partition coefficient (Wildman–Crippen LogP) is 1.62. The van der Waals surface area contributed by atoms with E-state index in [9.17, 15) is 8.77 Å². The number of nitrogens with zero attached hydrogens (tertiary/aromatic N) is 2. The molecule has 1 rings (SSSR count). The van der Waals surface area contributed by atoms with Crippen LogP contribution in [-0.2, 0) is 20.6 Å². The first-order valence-corrected chi connectivity index (χ1v) is 6.47. The lowest BCUT2D eigenvalue weighted by atomic mass is 10.4. The highest BCUT2D eigenvalue weighted by Gasteiger charge is 2.34. The third-order valence-corrected chi connectivity index (χ3v) is 4.52. The van der Waals surface area contributed by atoms with Crippen LogP contribution in [0.5, 0.6) is 0 Å². The number of rotatable bonds is 3. The average molecular weight is 224 g/mol. The van der Waals surface area contributed by atoms with Gasteiger partial charge in [0.15, 0.2) is 0 Å². The van der Waals surface area contributed by atoms with E-state index in [2.05, 4.69) is 4.13 Å². The van der Waals surface area contributed by atoms with Crippen molar-refractivity contribution in [2.75, 3.05) is 19.7 Å². The van der Waals surface area contributed by atoms with E-state index in [1.165, 1.54) is 0 Å². The molecule has 0 N–H and O–H groups in total. The third-order valence-electron chi connectivity index (χ3n) is 1.80. The highest BCUT2D eigenvalue weighted by molar-refractivity contribution is 7.67. The maximum absolute atomic E-state index is 11.9. The average Bonchev–Trinajstić information content (AvgIpc) is 2.10. The first kappa shape index (κ1) is 11.0. The fourth-order valence-corrected chi connectivity index (χ4v) is 3.57. The maximum atomic E-state index is 11.9. The van der Waals surface area contributed by atoms with E-state index in [4.69, 9.17) is 4.52 Å². The Kier molecular flexibility index (Phi) is 4.25. The molecule has 1 heterocycles. The highest BCUT2D eigenvalue weighted by atomic mass is 32.1. The fourth-order valence-electron chi connectivity index (χ4n) is 1.25. The maximum Gasteiger partial charge on any atom is 0.402 e.